The monoisotopic (exact) mass is 459 g/mol. The third kappa shape index (κ3) is 5.21. The second-order valence-electron chi connectivity index (χ2n) is 7.78. The lowest BCUT2D eigenvalue weighted by Gasteiger charge is -2.10. The molecular weight excluding hydrogens is 434 g/mol. The van der Waals surface area contributed by atoms with E-state index in [1.165, 1.54) is 5.56 Å². The summed E-state index contributed by atoms with van der Waals surface area (Å²) in [6.07, 6.45) is 1.07. The summed E-state index contributed by atoms with van der Waals surface area (Å²) in [5.41, 5.74) is 4.81. The summed E-state index contributed by atoms with van der Waals surface area (Å²) in [4.78, 5) is 17.2. The molecule has 2 N–H and O–H groups in total. The molecule has 3 aromatic carbocycles. The fraction of sp³-hybridized carbons (Fsp3) is 0.192. The first-order valence-electron chi connectivity index (χ1n) is 10.7. The molecular formula is C26H25N3O3S. The van der Waals surface area contributed by atoms with Crippen molar-refractivity contribution in [2.24, 2.45) is 0 Å². The number of ether oxygens (including phenoxy) is 1. The lowest BCUT2D eigenvalue weighted by atomic mass is 9.98. The number of benzene rings is 3. The van der Waals surface area contributed by atoms with Gasteiger partial charge in [-0.2, -0.15) is 0 Å². The van der Waals surface area contributed by atoms with Crippen LogP contribution >= 0.6 is 12.2 Å². The highest BCUT2D eigenvalue weighted by Crippen LogP contribution is 2.29. The summed E-state index contributed by atoms with van der Waals surface area (Å²) in [5, 5.41) is 5.92. The van der Waals surface area contributed by atoms with Crippen LogP contribution < -0.4 is 15.4 Å². The SMILES string of the molecule is CC[C@@H](C)c1ccc2oc(-c3cccc(NC(=S)NC(=O)c4cccc(OC)c4)c3)nc2c1. The van der Waals surface area contributed by atoms with E-state index >= 15 is 0 Å². The molecule has 1 atom stereocenters. The van der Waals surface area contributed by atoms with E-state index < -0.39 is 0 Å². The number of hydrogen-bond donors (Lipinski definition) is 2. The lowest BCUT2D eigenvalue weighted by molar-refractivity contribution is 0.0977. The van der Waals surface area contributed by atoms with Gasteiger partial charge in [0.15, 0.2) is 10.7 Å². The number of amides is 1. The smallest absolute Gasteiger partial charge is 0.257 e. The summed E-state index contributed by atoms with van der Waals surface area (Å²) in [7, 11) is 1.55. The number of nitrogens with zero attached hydrogens (tertiary/aromatic N) is 1. The van der Waals surface area contributed by atoms with Crippen LogP contribution in [0.1, 0.15) is 42.1 Å². The Labute approximate surface area is 198 Å². The van der Waals surface area contributed by atoms with E-state index in [0.717, 1.165) is 23.1 Å². The molecule has 0 saturated heterocycles. The molecule has 6 nitrogen and oxygen atoms in total. The number of thiocarbonyl (C=S) groups is 1. The Bertz CT molecular complexity index is 1320. The summed E-state index contributed by atoms with van der Waals surface area (Å²) in [6.45, 7) is 4.37. The zero-order chi connectivity index (χ0) is 23.4. The van der Waals surface area contributed by atoms with Gasteiger partial charge in [0.2, 0.25) is 5.89 Å². The number of anilines is 1. The predicted molar refractivity (Wildman–Crippen MR) is 135 cm³/mol. The van der Waals surface area contributed by atoms with Gasteiger partial charge in [0.1, 0.15) is 11.3 Å². The first kappa shape index (κ1) is 22.5. The van der Waals surface area contributed by atoms with E-state index in [4.69, 9.17) is 21.4 Å². The second-order valence-corrected chi connectivity index (χ2v) is 8.18. The van der Waals surface area contributed by atoms with Gasteiger partial charge in [0.05, 0.1) is 7.11 Å². The van der Waals surface area contributed by atoms with Gasteiger partial charge in [-0.05, 0) is 78.7 Å². The Hall–Kier alpha value is -3.71. The zero-order valence-corrected chi connectivity index (χ0v) is 19.5. The molecule has 4 rings (SSSR count). The van der Waals surface area contributed by atoms with Crippen molar-refractivity contribution in [2.75, 3.05) is 12.4 Å². The molecule has 0 radical (unpaired) electrons. The van der Waals surface area contributed by atoms with Gasteiger partial charge in [-0.15, -0.1) is 0 Å². The summed E-state index contributed by atoms with van der Waals surface area (Å²) < 4.78 is 11.1. The van der Waals surface area contributed by atoms with E-state index in [1.54, 1.807) is 31.4 Å². The molecule has 0 aliphatic heterocycles. The van der Waals surface area contributed by atoms with Crippen LogP contribution in [0.5, 0.6) is 5.75 Å². The van der Waals surface area contributed by atoms with Crippen molar-refractivity contribution >= 4 is 40.0 Å². The van der Waals surface area contributed by atoms with Gasteiger partial charge < -0.3 is 14.5 Å². The molecule has 0 fully saturated rings. The lowest BCUT2D eigenvalue weighted by Crippen LogP contribution is -2.34. The second kappa shape index (κ2) is 9.83. The molecule has 33 heavy (non-hydrogen) atoms. The van der Waals surface area contributed by atoms with E-state index in [9.17, 15) is 4.79 Å². The van der Waals surface area contributed by atoms with Gasteiger partial charge in [0.25, 0.3) is 5.91 Å². The molecule has 7 heteroatoms. The van der Waals surface area contributed by atoms with Crippen molar-refractivity contribution in [1.29, 1.82) is 0 Å². The van der Waals surface area contributed by atoms with Crippen LogP contribution in [0, 0.1) is 0 Å². The van der Waals surface area contributed by atoms with Crippen LogP contribution in [0.4, 0.5) is 5.69 Å². The summed E-state index contributed by atoms with van der Waals surface area (Å²) >= 11 is 5.32. The molecule has 4 aromatic rings. The normalized spacial score (nSPS) is 11.7. The van der Waals surface area contributed by atoms with Crippen LogP contribution in [-0.2, 0) is 0 Å². The Morgan fingerprint density at radius 2 is 1.94 bits per heavy atom. The largest absolute Gasteiger partial charge is 0.497 e. The minimum Gasteiger partial charge on any atom is -0.497 e. The number of fused-ring (bicyclic) bond motifs is 1. The number of methoxy groups -OCH3 is 1. The topological polar surface area (TPSA) is 76.4 Å². The summed E-state index contributed by atoms with van der Waals surface area (Å²) in [5.74, 6) is 1.28. The van der Waals surface area contributed by atoms with E-state index in [2.05, 4.69) is 41.6 Å². The van der Waals surface area contributed by atoms with Gasteiger partial charge in [-0.3, -0.25) is 10.1 Å². The minimum absolute atomic E-state index is 0.190. The highest BCUT2D eigenvalue weighted by molar-refractivity contribution is 7.80. The molecule has 1 amide bonds. The van der Waals surface area contributed by atoms with Crippen molar-refractivity contribution in [3.63, 3.8) is 0 Å². The number of carbonyl (C=O) groups is 1. The van der Waals surface area contributed by atoms with Gasteiger partial charge in [-0.25, -0.2) is 4.98 Å². The third-order valence-electron chi connectivity index (χ3n) is 5.52. The third-order valence-corrected chi connectivity index (χ3v) is 5.72. The number of rotatable bonds is 6. The predicted octanol–water partition coefficient (Wildman–Crippen LogP) is 6.14. The average Bonchev–Trinajstić information content (AvgIpc) is 3.27. The molecule has 0 unspecified atom stereocenters. The maximum Gasteiger partial charge on any atom is 0.257 e. The van der Waals surface area contributed by atoms with E-state index in [-0.39, 0.29) is 11.0 Å². The van der Waals surface area contributed by atoms with Crippen molar-refractivity contribution in [1.82, 2.24) is 10.3 Å². The standard InChI is InChI=1S/C26H25N3O3S/c1-4-16(2)17-11-12-23-22(15-17)28-25(32-23)19-8-5-9-20(13-19)27-26(33)29-24(30)18-7-6-10-21(14-18)31-3/h5-16H,4H2,1-3H3,(H2,27,29,30,33)/t16-/m1/s1. The van der Waals surface area contributed by atoms with Crippen LogP contribution in [0.3, 0.4) is 0 Å². The number of hydrogen-bond acceptors (Lipinski definition) is 5. The minimum atomic E-state index is -0.321. The Morgan fingerprint density at radius 1 is 1.12 bits per heavy atom. The van der Waals surface area contributed by atoms with E-state index in [1.807, 2.05) is 30.3 Å². The average molecular weight is 460 g/mol. The molecule has 0 saturated carbocycles. The maximum atomic E-state index is 12.5. The van der Waals surface area contributed by atoms with Crippen LogP contribution in [0.15, 0.2) is 71.1 Å². The van der Waals surface area contributed by atoms with Crippen molar-refractivity contribution in [2.45, 2.75) is 26.2 Å². The number of aromatic nitrogens is 1. The Balaban J connectivity index is 1.48. The number of oxazole rings is 1. The molecule has 168 valence electrons. The number of nitrogens with one attached hydrogen (secondary N) is 2. The molecule has 1 heterocycles. The van der Waals surface area contributed by atoms with Crippen LogP contribution in [0.2, 0.25) is 0 Å². The van der Waals surface area contributed by atoms with Crippen LogP contribution in [0.25, 0.3) is 22.6 Å². The van der Waals surface area contributed by atoms with Gasteiger partial charge in [-0.1, -0.05) is 32.0 Å². The molecule has 1 aromatic heterocycles. The fourth-order valence-electron chi connectivity index (χ4n) is 3.44. The molecule has 0 spiro atoms. The van der Waals surface area contributed by atoms with Gasteiger partial charge >= 0.3 is 0 Å². The highest BCUT2D eigenvalue weighted by Gasteiger charge is 2.13. The number of carbonyl (C=O) groups excluding carboxylic acids is 1. The highest BCUT2D eigenvalue weighted by atomic mass is 32.1. The van der Waals surface area contributed by atoms with Crippen molar-refractivity contribution in [3.05, 3.63) is 77.9 Å². The Morgan fingerprint density at radius 3 is 2.73 bits per heavy atom. The molecule has 0 bridgehead atoms. The first-order chi connectivity index (χ1) is 16.0. The maximum absolute atomic E-state index is 12.5. The van der Waals surface area contributed by atoms with Crippen LogP contribution in [-0.4, -0.2) is 23.1 Å². The fourth-order valence-corrected chi connectivity index (χ4v) is 3.65. The zero-order valence-electron chi connectivity index (χ0n) is 18.7. The summed E-state index contributed by atoms with van der Waals surface area (Å²) in [6, 6.07) is 20.6. The molecule has 0 aliphatic rings. The van der Waals surface area contributed by atoms with E-state index in [0.29, 0.717) is 28.8 Å². The molecule has 0 aliphatic carbocycles. The van der Waals surface area contributed by atoms with Crippen molar-refractivity contribution in [3.8, 4) is 17.2 Å². The first-order valence-corrected chi connectivity index (χ1v) is 11.1. The van der Waals surface area contributed by atoms with Gasteiger partial charge in [0, 0.05) is 16.8 Å². The van der Waals surface area contributed by atoms with Crippen molar-refractivity contribution < 1.29 is 13.9 Å². The quantitative estimate of drug-likeness (QED) is 0.337. The Kier molecular flexibility index (Phi) is 6.70.